The number of benzene rings is 3. The largest absolute Gasteiger partial charge is 0.489 e. The molecule has 3 aromatic rings. The summed E-state index contributed by atoms with van der Waals surface area (Å²) in [5, 5.41) is 14.0. The van der Waals surface area contributed by atoms with Crippen molar-refractivity contribution in [2.24, 2.45) is 5.73 Å². The Morgan fingerprint density at radius 2 is 1.55 bits per heavy atom. The van der Waals surface area contributed by atoms with Crippen molar-refractivity contribution in [3.05, 3.63) is 95.1 Å². The van der Waals surface area contributed by atoms with Crippen LogP contribution in [0.3, 0.4) is 0 Å². The predicted octanol–water partition coefficient (Wildman–Crippen LogP) is 4.75. The minimum atomic E-state index is -0.710. The van der Waals surface area contributed by atoms with E-state index < -0.39 is 6.10 Å². The minimum absolute atomic E-state index is 0.345. The molecule has 4 N–H and O–H groups in total. The summed E-state index contributed by atoms with van der Waals surface area (Å²) in [6.45, 7) is 5.41. The van der Waals surface area contributed by atoms with Crippen LogP contribution < -0.4 is 15.8 Å². The lowest BCUT2D eigenvalue weighted by Crippen LogP contribution is -2.30. The number of anilines is 1. The van der Waals surface area contributed by atoms with Gasteiger partial charge in [-0.25, -0.2) is 0 Å². The molecule has 0 radical (unpaired) electrons. The number of hydrogen-bond donors (Lipinski definition) is 3. The molecule has 2 unspecified atom stereocenters. The Balaban J connectivity index is 1.49. The molecule has 4 heteroatoms. The lowest BCUT2D eigenvalue weighted by molar-refractivity contribution is 0.143. The molecule has 0 spiro atoms. The highest BCUT2D eigenvalue weighted by Gasteiger charge is 2.17. The highest BCUT2D eigenvalue weighted by molar-refractivity contribution is 5.56. The molecule has 0 heterocycles. The van der Waals surface area contributed by atoms with E-state index in [1.54, 1.807) is 0 Å². The van der Waals surface area contributed by atoms with Gasteiger partial charge in [-0.2, -0.15) is 0 Å². The van der Waals surface area contributed by atoms with Crippen LogP contribution in [0, 0.1) is 13.8 Å². The van der Waals surface area contributed by atoms with Gasteiger partial charge in [0.15, 0.2) is 0 Å². The van der Waals surface area contributed by atoms with Crippen LogP contribution in [0.1, 0.15) is 34.8 Å². The Labute approximate surface area is 173 Å². The van der Waals surface area contributed by atoms with Crippen molar-refractivity contribution in [3.8, 4) is 5.75 Å². The van der Waals surface area contributed by atoms with E-state index in [1.165, 1.54) is 11.1 Å². The molecule has 0 aliphatic rings. The summed E-state index contributed by atoms with van der Waals surface area (Å²) >= 11 is 0. The summed E-state index contributed by atoms with van der Waals surface area (Å²) in [4.78, 5) is 0. The van der Waals surface area contributed by atoms with Crippen molar-refractivity contribution in [3.63, 3.8) is 0 Å². The fourth-order valence-corrected chi connectivity index (χ4v) is 3.36. The third-order valence-corrected chi connectivity index (χ3v) is 5.14. The van der Waals surface area contributed by atoms with Crippen LogP contribution >= 0.6 is 0 Å². The van der Waals surface area contributed by atoms with E-state index in [-0.39, 0.29) is 6.04 Å². The first-order valence-electron chi connectivity index (χ1n) is 10.0. The lowest BCUT2D eigenvalue weighted by Gasteiger charge is -2.21. The molecule has 0 aliphatic carbocycles. The quantitative estimate of drug-likeness (QED) is 0.493. The second-order valence-electron chi connectivity index (χ2n) is 7.43. The topological polar surface area (TPSA) is 67.5 Å². The van der Waals surface area contributed by atoms with E-state index in [0.29, 0.717) is 19.6 Å². The summed E-state index contributed by atoms with van der Waals surface area (Å²) in [7, 11) is 0. The van der Waals surface area contributed by atoms with Gasteiger partial charge in [0.25, 0.3) is 0 Å². The first-order chi connectivity index (χ1) is 14.0. The predicted molar refractivity (Wildman–Crippen MR) is 119 cm³/mol. The van der Waals surface area contributed by atoms with E-state index in [2.05, 4.69) is 37.4 Å². The van der Waals surface area contributed by atoms with Gasteiger partial charge in [-0.15, -0.1) is 0 Å². The molecule has 152 valence electrons. The third-order valence-electron chi connectivity index (χ3n) is 5.14. The van der Waals surface area contributed by atoms with E-state index in [0.717, 1.165) is 22.6 Å². The summed E-state index contributed by atoms with van der Waals surface area (Å²) in [5.74, 6) is 0.773. The Bertz CT molecular complexity index is 874. The van der Waals surface area contributed by atoms with Crippen molar-refractivity contribution in [1.29, 1.82) is 0 Å². The zero-order valence-corrected chi connectivity index (χ0v) is 17.1. The Hall–Kier alpha value is -2.82. The zero-order valence-electron chi connectivity index (χ0n) is 17.1. The molecule has 4 nitrogen and oxygen atoms in total. The number of ether oxygens (including phenoxy) is 1. The molecule has 3 aromatic carbocycles. The fourth-order valence-electron chi connectivity index (χ4n) is 3.36. The number of nitrogens with one attached hydrogen (secondary N) is 1. The molecule has 0 aromatic heterocycles. The molecule has 0 saturated carbocycles. The average molecular weight is 391 g/mol. The molecular formula is C25H30N2O2. The van der Waals surface area contributed by atoms with Crippen LogP contribution in [0.25, 0.3) is 0 Å². The second kappa shape index (κ2) is 10.1. The molecule has 0 saturated heterocycles. The Morgan fingerprint density at radius 3 is 2.21 bits per heavy atom. The summed E-state index contributed by atoms with van der Waals surface area (Å²) in [5.41, 5.74) is 11.7. The minimum Gasteiger partial charge on any atom is -0.489 e. The molecule has 0 aliphatic heterocycles. The summed E-state index contributed by atoms with van der Waals surface area (Å²) < 4.78 is 5.80. The number of rotatable bonds is 9. The van der Waals surface area contributed by atoms with Crippen LogP contribution in [0.15, 0.2) is 72.8 Å². The average Bonchev–Trinajstić information content (AvgIpc) is 2.75. The monoisotopic (exact) mass is 390 g/mol. The van der Waals surface area contributed by atoms with Gasteiger partial charge < -0.3 is 20.9 Å². The standard InChI is InChI=1S/C25H30N2O2/c1-18-7-6-8-19(2)24(18)27-16-15-23(26)25(28)21-11-13-22(14-12-21)29-17-20-9-4-3-5-10-20/h3-14,23,25,27-28H,15-17,26H2,1-2H3. The van der Waals surface area contributed by atoms with Gasteiger partial charge in [0.1, 0.15) is 12.4 Å². The number of aryl methyl sites for hydroxylation is 2. The SMILES string of the molecule is Cc1cccc(C)c1NCCC(N)C(O)c1ccc(OCc2ccccc2)cc1. The zero-order chi connectivity index (χ0) is 20.6. The second-order valence-corrected chi connectivity index (χ2v) is 7.43. The van der Waals surface area contributed by atoms with Crippen molar-refractivity contribution in [2.45, 2.75) is 39.0 Å². The van der Waals surface area contributed by atoms with Crippen molar-refractivity contribution >= 4 is 5.69 Å². The molecule has 0 amide bonds. The fraction of sp³-hybridized carbons (Fsp3) is 0.280. The van der Waals surface area contributed by atoms with Crippen molar-refractivity contribution < 1.29 is 9.84 Å². The molecule has 0 bridgehead atoms. The molecule has 2 atom stereocenters. The van der Waals surface area contributed by atoms with E-state index in [9.17, 15) is 5.11 Å². The van der Waals surface area contributed by atoms with Gasteiger partial charge in [-0.3, -0.25) is 0 Å². The lowest BCUT2D eigenvalue weighted by atomic mass is 10.00. The number of aliphatic hydroxyl groups excluding tert-OH is 1. The van der Waals surface area contributed by atoms with Crippen LogP contribution in [-0.2, 0) is 6.61 Å². The highest BCUT2D eigenvalue weighted by atomic mass is 16.5. The highest BCUT2D eigenvalue weighted by Crippen LogP contribution is 2.23. The maximum absolute atomic E-state index is 10.6. The summed E-state index contributed by atoms with van der Waals surface area (Å²) in [6.07, 6.45) is -0.0424. The van der Waals surface area contributed by atoms with E-state index in [4.69, 9.17) is 10.5 Å². The third kappa shape index (κ3) is 5.83. The molecule has 3 rings (SSSR count). The van der Waals surface area contributed by atoms with Gasteiger partial charge in [-0.1, -0.05) is 60.7 Å². The molecule has 0 fully saturated rings. The van der Waals surface area contributed by atoms with Crippen molar-refractivity contribution in [2.75, 3.05) is 11.9 Å². The first-order valence-corrected chi connectivity index (χ1v) is 10.0. The van der Waals surface area contributed by atoms with E-state index >= 15 is 0 Å². The van der Waals surface area contributed by atoms with Crippen LogP contribution in [-0.4, -0.2) is 17.7 Å². The maximum atomic E-state index is 10.6. The van der Waals surface area contributed by atoms with Gasteiger partial charge in [0.2, 0.25) is 0 Å². The normalized spacial score (nSPS) is 13.0. The Morgan fingerprint density at radius 1 is 0.897 bits per heavy atom. The Kier molecular flexibility index (Phi) is 7.28. The number of hydrogen-bond acceptors (Lipinski definition) is 4. The molecular weight excluding hydrogens is 360 g/mol. The summed E-state index contributed by atoms with van der Waals surface area (Å²) in [6, 6.07) is 23.4. The number of nitrogens with two attached hydrogens (primary N) is 1. The van der Waals surface area contributed by atoms with Crippen LogP contribution in [0.2, 0.25) is 0 Å². The maximum Gasteiger partial charge on any atom is 0.119 e. The van der Waals surface area contributed by atoms with Gasteiger partial charge in [0, 0.05) is 18.3 Å². The van der Waals surface area contributed by atoms with Gasteiger partial charge in [0.05, 0.1) is 6.10 Å². The molecule has 29 heavy (non-hydrogen) atoms. The number of para-hydroxylation sites is 1. The van der Waals surface area contributed by atoms with Gasteiger partial charge in [-0.05, 0) is 54.7 Å². The smallest absolute Gasteiger partial charge is 0.119 e. The first kappa shape index (κ1) is 20.9. The number of aliphatic hydroxyl groups is 1. The van der Waals surface area contributed by atoms with Gasteiger partial charge >= 0.3 is 0 Å². The van der Waals surface area contributed by atoms with Crippen LogP contribution in [0.4, 0.5) is 5.69 Å². The van der Waals surface area contributed by atoms with Crippen LogP contribution in [0.5, 0.6) is 5.75 Å². The van der Waals surface area contributed by atoms with E-state index in [1.807, 2.05) is 54.6 Å². The van der Waals surface area contributed by atoms with Crippen molar-refractivity contribution in [1.82, 2.24) is 0 Å².